The van der Waals surface area contributed by atoms with Gasteiger partial charge < -0.3 is 9.32 Å². The monoisotopic (exact) mass is 420 g/mol. The maximum absolute atomic E-state index is 13.8. The molecule has 5 nitrogen and oxygen atoms in total. The first-order chi connectivity index (χ1) is 14.0. The summed E-state index contributed by atoms with van der Waals surface area (Å²) in [7, 11) is -1.20. The van der Waals surface area contributed by atoms with E-state index in [1.54, 1.807) is 18.2 Å². The summed E-state index contributed by atoms with van der Waals surface area (Å²) < 4.78 is 45.3. The van der Waals surface area contributed by atoms with Gasteiger partial charge in [-0.2, -0.15) is 0 Å². The zero-order valence-electron chi connectivity index (χ0n) is 15.8. The van der Waals surface area contributed by atoms with E-state index < -0.39 is 28.2 Å². The molecule has 0 aliphatic carbocycles. The SMILES string of the molecule is O=c1[nH]c2ccc(S(=O)CCN3CCC(Cc4c(F)cccc4F)CC3)cc2o1. The molecule has 8 heteroatoms. The van der Waals surface area contributed by atoms with Crippen LogP contribution in [0.2, 0.25) is 0 Å². The summed E-state index contributed by atoms with van der Waals surface area (Å²) in [6, 6.07) is 9.06. The molecule has 29 heavy (non-hydrogen) atoms. The number of aromatic amines is 1. The number of rotatable bonds is 6. The molecule has 2 heterocycles. The summed E-state index contributed by atoms with van der Waals surface area (Å²) in [5, 5.41) is 0. The lowest BCUT2D eigenvalue weighted by molar-refractivity contribution is 0.192. The van der Waals surface area contributed by atoms with Gasteiger partial charge in [-0.05, 0) is 68.6 Å². The van der Waals surface area contributed by atoms with Gasteiger partial charge in [-0.3, -0.25) is 9.19 Å². The van der Waals surface area contributed by atoms with Crippen LogP contribution in [-0.4, -0.2) is 39.5 Å². The fourth-order valence-electron chi connectivity index (χ4n) is 3.83. The zero-order chi connectivity index (χ0) is 20.4. The molecule has 0 bridgehead atoms. The summed E-state index contributed by atoms with van der Waals surface area (Å²) in [6.07, 6.45) is 2.14. The third-order valence-electron chi connectivity index (χ3n) is 5.51. The summed E-state index contributed by atoms with van der Waals surface area (Å²) in [5.41, 5.74) is 1.17. The average Bonchev–Trinajstić information content (AvgIpc) is 3.09. The van der Waals surface area contributed by atoms with Crippen molar-refractivity contribution in [3.63, 3.8) is 0 Å². The molecular weight excluding hydrogens is 398 g/mol. The molecule has 0 radical (unpaired) electrons. The highest BCUT2D eigenvalue weighted by Crippen LogP contribution is 2.25. The van der Waals surface area contributed by atoms with E-state index in [1.165, 1.54) is 18.2 Å². The first kappa shape index (κ1) is 20.0. The second-order valence-electron chi connectivity index (χ2n) is 7.41. The molecule has 154 valence electrons. The number of hydrogen-bond acceptors (Lipinski definition) is 4. The molecule has 1 aromatic heterocycles. The van der Waals surface area contributed by atoms with Crippen molar-refractivity contribution >= 4 is 21.9 Å². The van der Waals surface area contributed by atoms with Crippen LogP contribution >= 0.6 is 0 Å². The summed E-state index contributed by atoms with van der Waals surface area (Å²) in [5.74, 6) is -0.744. The van der Waals surface area contributed by atoms with Crippen LogP contribution in [0.4, 0.5) is 8.78 Å². The highest BCUT2D eigenvalue weighted by atomic mass is 32.2. The Morgan fingerprint density at radius 2 is 1.86 bits per heavy atom. The normalized spacial score (nSPS) is 17.0. The Bertz CT molecular complexity index is 1070. The Hall–Kier alpha value is -2.32. The molecule has 1 fully saturated rings. The van der Waals surface area contributed by atoms with Crippen molar-refractivity contribution in [1.82, 2.24) is 9.88 Å². The number of piperidine rings is 1. The minimum atomic E-state index is -1.20. The number of nitrogens with one attached hydrogen (secondary N) is 1. The van der Waals surface area contributed by atoms with Gasteiger partial charge in [0.1, 0.15) is 11.6 Å². The van der Waals surface area contributed by atoms with Crippen LogP contribution in [-0.2, 0) is 17.2 Å². The zero-order valence-corrected chi connectivity index (χ0v) is 16.6. The van der Waals surface area contributed by atoms with E-state index >= 15 is 0 Å². The molecule has 0 amide bonds. The van der Waals surface area contributed by atoms with Gasteiger partial charge in [-0.1, -0.05) is 6.07 Å². The fourth-order valence-corrected chi connectivity index (χ4v) is 4.95. The first-order valence-electron chi connectivity index (χ1n) is 9.66. The molecule has 1 saturated heterocycles. The Labute approximate surface area is 169 Å². The van der Waals surface area contributed by atoms with E-state index in [4.69, 9.17) is 4.42 Å². The van der Waals surface area contributed by atoms with Crippen LogP contribution in [0.25, 0.3) is 11.1 Å². The minimum absolute atomic E-state index is 0.179. The lowest BCUT2D eigenvalue weighted by Gasteiger charge is -2.32. The van der Waals surface area contributed by atoms with Crippen molar-refractivity contribution in [2.75, 3.05) is 25.4 Å². The largest absolute Gasteiger partial charge is 0.417 e. The van der Waals surface area contributed by atoms with Crippen molar-refractivity contribution < 1.29 is 17.4 Å². The number of H-pyrrole nitrogens is 1. The lowest BCUT2D eigenvalue weighted by Crippen LogP contribution is -2.36. The van der Waals surface area contributed by atoms with E-state index in [2.05, 4.69) is 9.88 Å². The van der Waals surface area contributed by atoms with Crippen LogP contribution in [0.15, 0.2) is 50.5 Å². The number of nitrogens with zero attached hydrogens (tertiary/aromatic N) is 1. The van der Waals surface area contributed by atoms with Crippen molar-refractivity contribution in [3.05, 3.63) is 64.1 Å². The van der Waals surface area contributed by atoms with Gasteiger partial charge >= 0.3 is 5.76 Å². The third kappa shape index (κ3) is 4.64. The van der Waals surface area contributed by atoms with Crippen LogP contribution in [0, 0.1) is 17.6 Å². The molecule has 1 aliphatic heterocycles. The highest BCUT2D eigenvalue weighted by Gasteiger charge is 2.22. The molecule has 1 atom stereocenters. The molecule has 1 aliphatic rings. The smallest absolute Gasteiger partial charge is 0.408 e. The van der Waals surface area contributed by atoms with Crippen LogP contribution in [0.5, 0.6) is 0 Å². The van der Waals surface area contributed by atoms with Crippen LogP contribution in [0.3, 0.4) is 0 Å². The van der Waals surface area contributed by atoms with E-state index in [0.717, 1.165) is 25.9 Å². The number of aromatic nitrogens is 1. The second-order valence-corrected chi connectivity index (χ2v) is 8.98. The fraction of sp³-hybridized carbons (Fsp3) is 0.381. The third-order valence-corrected chi connectivity index (χ3v) is 6.84. The Morgan fingerprint density at radius 3 is 2.59 bits per heavy atom. The number of halogens is 2. The van der Waals surface area contributed by atoms with Crippen LogP contribution in [0.1, 0.15) is 18.4 Å². The Morgan fingerprint density at radius 1 is 1.14 bits per heavy atom. The Kier molecular flexibility index (Phi) is 5.91. The predicted octanol–water partition coefficient (Wildman–Crippen LogP) is 3.46. The topological polar surface area (TPSA) is 66.3 Å². The van der Waals surface area contributed by atoms with Crippen molar-refractivity contribution in [2.24, 2.45) is 5.92 Å². The molecule has 0 saturated carbocycles. The first-order valence-corrected chi connectivity index (χ1v) is 11.0. The summed E-state index contributed by atoms with van der Waals surface area (Å²) >= 11 is 0. The minimum Gasteiger partial charge on any atom is -0.408 e. The quantitative estimate of drug-likeness (QED) is 0.663. The van der Waals surface area contributed by atoms with E-state index in [0.29, 0.717) is 34.7 Å². The van der Waals surface area contributed by atoms with Crippen molar-refractivity contribution in [2.45, 2.75) is 24.2 Å². The molecular formula is C21H22F2N2O3S. The molecule has 1 N–H and O–H groups in total. The van der Waals surface area contributed by atoms with Gasteiger partial charge in [0.25, 0.3) is 0 Å². The van der Waals surface area contributed by atoms with Gasteiger partial charge in [0, 0.05) is 22.8 Å². The number of hydrogen-bond donors (Lipinski definition) is 1. The molecule has 0 spiro atoms. The number of likely N-dealkylation sites (tertiary alicyclic amines) is 1. The lowest BCUT2D eigenvalue weighted by atomic mass is 9.90. The van der Waals surface area contributed by atoms with Crippen molar-refractivity contribution in [3.8, 4) is 0 Å². The van der Waals surface area contributed by atoms with Gasteiger partial charge in [-0.15, -0.1) is 0 Å². The molecule has 2 aromatic carbocycles. The molecule has 4 rings (SSSR count). The van der Waals surface area contributed by atoms with Gasteiger partial charge in [-0.25, -0.2) is 13.6 Å². The maximum Gasteiger partial charge on any atom is 0.417 e. The summed E-state index contributed by atoms with van der Waals surface area (Å²) in [6.45, 7) is 2.33. The van der Waals surface area contributed by atoms with E-state index in [-0.39, 0.29) is 11.5 Å². The van der Waals surface area contributed by atoms with Gasteiger partial charge in [0.2, 0.25) is 0 Å². The molecule has 1 unspecified atom stereocenters. The number of benzene rings is 2. The Balaban J connectivity index is 1.28. The standard InChI is InChI=1S/C21H22F2N2O3S/c22-17-2-1-3-18(23)16(17)12-14-6-8-25(9-7-14)10-11-29(27)15-4-5-19-20(13-15)28-21(26)24-19/h1-5,13-14H,6-12H2,(H,24,26). The van der Waals surface area contributed by atoms with Crippen molar-refractivity contribution in [1.29, 1.82) is 0 Å². The van der Waals surface area contributed by atoms with Gasteiger partial charge in [0.05, 0.1) is 16.3 Å². The number of oxazole rings is 1. The predicted molar refractivity (Wildman–Crippen MR) is 107 cm³/mol. The van der Waals surface area contributed by atoms with Crippen LogP contribution < -0.4 is 5.76 Å². The highest BCUT2D eigenvalue weighted by molar-refractivity contribution is 7.85. The maximum atomic E-state index is 13.8. The van der Waals surface area contributed by atoms with E-state index in [1.807, 2.05) is 0 Å². The average molecular weight is 420 g/mol. The molecule has 3 aromatic rings. The van der Waals surface area contributed by atoms with Gasteiger partial charge in [0.15, 0.2) is 5.58 Å². The second kappa shape index (κ2) is 8.59. The number of fused-ring (bicyclic) bond motifs is 1. The van der Waals surface area contributed by atoms with E-state index in [9.17, 15) is 17.8 Å². The summed E-state index contributed by atoms with van der Waals surface area (Å²) in [4.78, 5) is 16.7.